The normalized spacial score (nSPS) is 34.0. The molecular formula is C12H19BN4O4. The van der Waals surface area contributed by atoms with E-state index in [1.807, 2.05) is 0 Å². The number of carbonyl (C=O) groups is 2. The van der Waals surface area contributed by atoms with Crippen molar-refractivity contribution in [2.24, 2.45) is 22.9 Å². The summed E-state index contributed by atoms with van der Waals surface area (Å²) >= 11 is 0. The maximum absolute atomic E-state index is 12.1. The molecule has 2 fully saturated rings. The fraction of sp³-hybridized carbons (Fsp3) is 0.833. The van der Waals surface area contributed by atoms with Crippen LogP contribution in [0.3, 0.4) is 0 Å². The van der Waals surface area contributed by atoms with Gasteiger partial charge in [-0.2, -0.15) is 0 Å². The molecule has 4 atom stereocenters. The third kappa shape index (κ3) is 2.77. The average molecular weight is 294 g/mol. The third-order valence-electron chi connectivity index (χ3n) is 4.84. The molecule has 8 nitrogen and oxygen atoms in total. The van der Waals surface area contributed by atoms with E-state index in [4.69, 9.17) is 15.6 Å². The second-order valence-electron chi connectivity index (χ2n) is 5.91. The van der Waals surface area contributed by atoms with Crippen LogP contribution in [-0.2, 0) is 9.59 Å². The van der Waals surface area contributed by atoms with E-state index in [9.17, 15) is 9.59 Å². The Kier molecular flexibility index (Phi) is 4.56. The molecule has 0 unspecified atom stereocenters. The molecule has 0 spiro atoms. The summed E-state index contributed by atoms with van der Waals surface area (Å²) in [5.41, 5.74) is 7.65. The Morgan fingerprint density at radius 1 is 1.62 bits per heavy atom. The van der Waals surface area contributed by atoms with Crippen LogP contribution >= 0.6 is 0 Å². The molecule has 1 aliphatic carbocycles. The Balaban J connectivity index is 2.26. The molecule has 1 amide bonds. The van der Waals surface area contributed by atoms with Gasteiger partial charge >= 0.3 is 7.12 Å². The van der Waals surface area contributed by atoms with E-state index in [1.54, 1.807) is 0 Å². The van der Waals surface area contributed by atoms with Gasteiger partial charge in [0.1, 0.15) is 11.3 Å². The molecule has 9 heteroatoms. The van der Waals surface area contributed by atoms with Crippen LogP contribution in [0.25, 0.3) is 10.4 Å². The first-order valence-electron chi connectivity index (χ1n) is 7.13. The lowest BCUT2D eigenvalue weighted by molar-refractivity contribution is -0.124. The van der Waals surface area contributed by atoms with Crippen molar-refractivity contribution in [3.05, 3.63) is 10.4 Å². The van der Waals surface area contributed by atoms with Crippen LogP contribution < -0.4 is 5.32 Å². The highest BCUT2D eigenvalue weighted by Gasteiger charge is 2.59. The van der Waals surface area contributed by atoms with Crippen LogP contribution in [0.5, 0.6) is 0 Å². The van der Waals surface area contributed by atoms with Gasteiger partial charge in [0.25, 0.3) is 0 Å². The molecule has 3 N–H and O–H groups in total. The molecule has 2 aliphatic rings. The second kappa shape index (κ2) is 6.05. The molecule has 1 heterocycles. The van der Waals surface area contributed by atoms with Gasteiger partial charge in [-0.3, -0.25) is 9.59 Å². The topological polar surface area (TPSA) is 135 Å². The maximum atomic E-state index is 12.1. The molecule has 0 bridgehead atoms. The largest absolute Gasteiger partial charge is 0.451 e. The summed E-state index contributed by atoms with van der Waals surface area (Å²) in [6, 6.07) is 0. The Hall–Kier alpha value is -1.57. The fourth-order valence-electron chi connectivity index (χ4n) is 3.84. The number of amides is 1. The minimum atomic E-state index is -1.39. The van der Waals surface area contributed by atoms with E-state index in [0.717, 1.165) is 0 Å². The first-order chi connectivity index (χ1) is 9.92. The van der Waals surface area contributed by atoms with Gasteiger partial charge in [0.15, 0.2) is 0 Å². The molecule has 0 aromatic carbocycles. The Morgan fingerprint density at radius 2 is 2.33 bits per heavy atom. The van der Waals surface area contributed by atoms with E-state index in [0.29, 0.717) is 19.4 Å². The number of Topliss-reactive ketones (excluding diaryl/α,β-unsaturated/α-hetero) is 1. The SMILES string of the molecule is CC(=O)[C@]1(N=[N+]=[N-])C[C@H]2C(=O)NC[C@H]2[C@@H]1CCCB(O)O. The minimum absolute atomic E-state index is 0.0391. The summed E-state index contributed by atoms with van der Waals surface area (Å²) < 4.78 is 0. The minimum Gasteiger partial charge on any atom is -0.427 e. The van der Waals surface area contributed by atoms with E-state index in [-0.39, 0.29) is 42.2 Å². The number of hydrogen-bond acceptors (Lipinski definition) is 5. The van der Waals surface area contributed by atoms with Crippen LogP contribution in [0, 0.1) is 17.8 Å². The Bertz CT molecular complexity index is 490. The summed E-state index contributed by atoms with van der Waals surface area (Å²) in [7, 11) is -1.39. The quantitative estimate of drug-likeness (QED) is 0.280. The summed E-state index contributed by atoms with van der Waals surface area (Å²) in [6.45, 7) is 1.87. The first kappa shape index (κ1) is 15.8. The number of ketones is 1. The highest BCUT2D eigenvalue weighted by Crippen LogP contribution is 2.51. The zero-order valence-corrected chi connectivity index (χ0v) is 11.9. The lowest BCUT2D eigenvalue weighted by Crippen LogP contribution is -2.42. The number of carbonyl (C=O) groups excluding carboxylic acids is 2. The molecule has 114 valence electrons. The predicted molar refractivity (Wildman–Crippen MR) is 74.9 cm³/mol. The van der Waals surface area contributed by atoms with Crippen molar-refractivity contribution < 1.29 is 19.6 Å². The standard InChI is InChI=1S/C12H19BN4O4/c1-7(18)12(16-17-14)5-8-9(6-15-11(8)19)10(12)3-2-4-13(20)21/h8-10,20-21H,2-6H2,1H3,(H,15,19)/t8-,9-,10+,12-/m1/s1. The molecule has 0 aromatic heterocycles. The molecule has 0 aromatic rings. The molecular weight excluding hydrogens is 275 g/mol. The molecule has 2 rings (SSSR count). The zero-order valence-electron chi connectivity index (χ0n) is 11.9. The van der Waals surface area contributed by atoms with Crippen LogP contribution in [0.1, 0.15) is 26.2 Å². The van der Waals surface area contributed by atoms with Gasteiger partial charge in [-0.15, -0.1) is 0 Å². The summed E-state index contributed by atoms with van der Waals surface area (Å²) in [4.78, 5) is 26.8. The molecule has 1 saturated heterocycles. The number of rotatable bonds is 6. The van der Waals surface area contributed by atoms with Gasteiger partial charge in [-0.1, -0.05) is 11.5 Å². The molecule has 21 heavy (non-hydrogen) atoms. The van der Waals surface area contributed by atoms with Crippen molar-refractivity contribution in [1.82, 2.24) is 5.32 Å². The van der Waals surface area contributed by atoms with Gasteiger partial charge in [0, 0.05) is 17.4 Å². The highest BCUT2D eigenvalue weighted by molar-refractivity contribution is 6.40. The van der Waals surface area contributed by atoms with Crippen LogP contribution in [0.4, 0.5) is 0 Å². The van der Waals surface area contributed by atoms with Crippen molar-refractivity contribution in [2.45, 2.75) is 38.0 Å². The number of nitrogens with one attached hydrogen (secondary N) is 1. The van der Waals surface area contributed by atoms with Gasteiger partial charge in [0.2, 0.25) is 5.91 Å². The van der Waals surface area contributed by atoms with Crippen LogP contribution in [0.2, 0.25) is 6.32 Å². The van der Waals surface area contributed by atoms with Crippen molar-refractivity contribution in [3.63, 3.8) is 0 Å². The molecule has 0 radical (unpaired) electrons. The zero-order chi connectivity index (χ0) is 15.6. The molecule has 1 saturated carbocycles. The number of nitrogens with zero attached hydrogens (tertiary/aromatic N) is 3. The first-order valence-corrected chi connectivity index (χ1v) is 7.13. The number of fused-ring (bicyclic) bond motifs is 1. The highest BCUT2D eigenvalue weighted by atomic mass is 16.4. The van der Waals surface area contributed by atoms with Gasteiger partial charge < -0.3 is 15.4 Å². The van der Waals surface area contributed by atoms with E-state index >= 15 is 0 Å². The van der Waals surface area contributed by atoms with Gasteiger partial charge in [-0.25, -0.2) is 0 Å². The second-order valence-corrected chi connectivity index (χ2v) is 5.91. The van der Waals surface area contributed by atoms with E-state index in [2.05, 4.69) is 15.3 Å². The number of azide groups is 1. The van der Waals surface area contributed by atoms with Crippen molar-refractivity contribution >= 4 is 18.8 Å². The fourth-order valence-corrected chi connectivity index (χ4v) is 3.84. The van der Waals surface area contributed by atoms with Crippen molar-refractivity contribution in [2.75, 3.05) is 6.54 Å². The van der Waals surface area contributed by atoms with Crippen molar-refractivity contribution in [3.8, 4) is 0 Å². The average Bonchev–Trinajstić information content (AvgIpc) is 2.90. The van der Waals surface area contributed by atoms with Crippen molar-refractivity contribution in [1.29, 1.82) is 0 Å². The Morgan fingerprint density at radius 3 is 2.90 bits per heavy atom. The van der Waals surface area contributed by atoms with Gasteiger partial charge in [-0.05, 0) is 43.5 Å². The third-order valence-corrected chi connectivity index (χ3v) is 4.84. The summed E-state index contributed by atoms with van der Waals surface area (Å²) in [6.07, 6.45) is 1.46. The molecule has 1 aliphatic heterocycles. The van der Waals surface area contributed by atoms with E-state index < -0.39 is 12.7 Å². The summed E-state index contributed by atoms with van der Waals surface area (Å²) in [5.74, 6) is -0.903. The van der Waals surface area contributed by atoms with E-state index in [1.165, 1.54) is 6.92 Å². The monoisotopic (exact) mass is 294 g/mol. The lowest BCUT2D eigenvalue weighted by atomic mass is 9.74. The lowest BCUT2D eigenvalue weighted by Gasteiger charge is -2.31. The maximum Gasteiger partial charge on any atom is 0.451 e. The number of hydrogen-bond donors (Lipinski definition) is 3. The summed E-state index contributed by atoms with van der Waals surface area (Å²) in [5, 5.41) is 24.4. The Labute approximate surface area is 122 Å². The van der Waals surface area contributed by atoms with Gasteiger partial charge in [0.05, 0.1) is 0 Å². The van der Waals surface area contributed by atoms with Crippen LogP contribution in [-0.4, -0.2) is 40.9 Å². The van der Waals surface area contributed by atoms with Crippen LogP contribution in [0.15, 0.2) is 5.11 Å². The smallest absolute Gasteiger partial charge is 0.427 e. The predicted octanol–water partition coefficient (Wildman–Crippen LogP) is 0.260.